The van der Waals surface area contributed by atoms with E-state index in [4.69, 9.17) is 68.2 Å². The number of urea groups is 4. The lowest BCUT2D eigenvalue weighted by Crippen LogP contribution is -2.62. The number of unbranched alkanes of at least 4 members (excludes halogenated alkanes) is 1. The van der Waals surface area contributed by atoms with Crippen LogP contribution >= 0.6 is 0 Å². The lowest BCUT2D eigenvalue weighted by molar-refractivity contribution is -0.143. The van der Waals surface area contributed by atoms with Crippen molar-refractivity contribution < 1.29 is 96.5 Å². The summed E-state index contributed by atoms with van der Waals surface area (Å²) < 4.78 is 0. The molecule has 0 aliphatic heterocycles. The van der Waals surface area contributed by atoms with Gasteiger partial charge >= 0.3 is 30.1 Å². The van der Waals surface area contributed by atoms with E-state index in [-0.39, 0.29) is 147 Å². The highest BCUT2D eigenvalue weighted by Crippen LogP contribution is 2.17. The van der Waals surface area contributed by atoms with Gasteiger partial charge in [-0.05, 0) is 126 Å². The number of primary amides is 6. The Morgan fingerprint density at radius 2 is 0.626 bits per heavy atom. The minimum Gasteiger partial charge on any atom is -0.508 e. The standard InChI is InChI=1S/C74H123N29O20/c1-3-39(2)56(103-66(116)52(37-54(77)105)101-65(115)51(36-41-24-26-42(104)27-25-41)100-62(112)46(21-12-32-90-72(84)121)94-58(108)44(20-11-31-89-71(83)120)93-57(107)43(76)17-7-8-28-75)67(117)98-49(23-14-34-92-74(86)123)60(110)95-47(22-13-33-91-73(85)122)61(111)99-50(35-40-15-5-4-6-16-40)64(114)97-45(18-9-29-87-69(79)80)59(109)96-48(19-10-30-88-70(81)82)63(113)102-53(68(118)119)38-55(78)106/h4-6,15-16,24-27,39,43-53,56,104H,3,7-14,17-23,28-38,75-76H2,1-2H3,(H2,77,105)(H2,78,106)(H,93,107)(H,94,108)(H,95,110)(H,96,109)(H,97,114)(H,98,117)(H,99,111)(H,100,112)(H,101,115)(H,102,113)(H,103,116)(H,118,119)(H4,79,80,87)(H4,81,82,88)(H3,83,89,120)(H3,84,90,121)(H3,85,91,122)(H3,86,92,123)/t39-,43-,44-,45-,46-,47-,48-,49-,50-,51-,52-,53-,56-/m0/s1. The highest BCUT2D eigenvalue weighted by atomic mass is 16.4. The van der Waals surface area contributed by atoms with Gasteiger partial charge in [0.2, 0.25) is 76.8 Å². The molecule has 0 unspecified atom stereocenters. The van der Waals surface area contributed by atoms with Crippen LogP contribution in [-0.4, -0.2) is 247 Å². The lowest BCUT2D eigenvalue weighted by atomic mass is 9.96. The first-order valence-corrected chi connectivity index (χ1v) is 39.8. The number of aliphatic carboxylic acids is 1. The number of phenols is 1. The summed E-state index contributed by atoms with van der Waals surface area (Å²) in [5.41, 5.74) is 55.6. The number of guanidine groups is 2. The van der Waals surface area contributed by atoms with E-state index in [0.29, 0.717) is 24.9 Å². The highest BCUT2D eigenvalue weighted by molar-refractivity contribution is 6.01. The fraction of sp³-hybridized carbons (Fsp3) is 0.568. The minimum atomic E-state index is -1.98. The molecule has 49 nitrogen and oxygen atoms in total. The summed E-state index contributed by atoms with van der Waals surface area (Å²) in [7, 11) is 0. The van der Waals surface area contributed by atoms with E-state index in [0.717, 1.165) is 0 Å². The molecule has 0 aliphatic carbocycles. The number of phenolic OH excluding ortho intramolecular Hbond substituents is 1. The SMILES string of the molecule is CC[C@H](C)[C@H](NC(=O)[C@H](CC(N)=O)NC(=O)[C@H](Cc1ccc(O)cc1)NC(=O)[C@H](CCCNC(N)=O)NC(=O)[C@H](CCCNC(N)=O)NC(=O)[C@@H](N)CCCCN)C(=O)N[C@@H](CCCNC(N)=O)C(=O)N[C@@H](CCCNC(N)=O)C(=O)N[C@@H](Cc1ccccc1)C(=O)N[C@@H](CCCNC(=N)N)C(=O)N[C@@H](CCCNC(=N)N)C(=O)N[C@@H](CC(N)=O)C(=O)O. The fourth-order valence-corrected chi connectivity index (χ4v) is 12.0. The summed E-state index contributed by atoms with van der Waals surface area (Å²) in [6.45, 7) is 2.74. The highest BCUT2D eigenvalue weighted by Gasteiger charge is 2.39. The third-order valence-electron chi connectivity index (χ3n) is 18.7. The van der Waals surface area contributed by atoms with Crippen LogP contribution in [0.15, 0.2) is 54.6 Å². The van der Waals surface area contributed by atoms with Crippen molar-refractivity contribution >= 4 is 119 Å². The molecule has 0 aromatic heterocycles. The second-order valence-electron chi connectivity index (χ2n) is 28.8. The molecule has 2 rings (SSSR count). The van der Waals surface area contributed by atoms with Gasteiger partial charge in [0.1, 0.15) is 72.2 Å². The molecule has 0 aliphatic rings. The van der Waals surface area contributed by atoms with Crippen LogP contribution in [-0.2, 0) is 80.0 Å². The molecule has 2 aromatic carbocycles. The summed E-state index contributed by atoms with van der Waals surface area (Å²) in [6, 6.07) is -10.2. The number of carbonyl (C=O) groups excluding carboxylic acids is 17. The number of aromatic hydroxyl groups is 1. The summed E-state index contributed by atoms with van der Waals surface area (Å²) in [5, 5.41) is 77.3. The van der Waals surface area contributed by atoms with Crippen molar-refractivity contribution in [1.82, 2.24) is 90.4 Å². The Balaban J connectivity index is 2.79. The number of benzene rings is 2. The van der Waals surface area contributed by atoms with Crippen LogP contribution in [0.1, 0.15) is 141 Å². The average Bonchev–Trinajstić information content (AvgIpc) is 0.840. The van der Waals surface area contributed by atoms with Gasteiger partial charge in [-0.15, -0.1) is 0 Å². The van der Waals surface area contributed by atoms with Gasteiger partial charge in [0.05, 0.1) is 18.9 Å². The molecule has 684 valence electrons. The van der Waals surface area contributed by atoms with Crippen LogP contribution in [0.25, 0.3) is 0 Å². The minimum absolute atomic E-state index is 0.0104. The Labute approximate surface area is 709 Å². The predicted octanol–water partition coefficient (Wildman–Crippen LogP) is -8.83. The Bertz CT molecular complexity index is 3890. The van der Waals surface area contributed by atoms with Gasteiger partial charge in [0.15, 0.2) is 11.9 Å². The van der Waals surface area contributed by atoms with Gasteiger partial charge < -0.3 is 158 Å². The maximum atomic E-state index is 15.0. The first kappa shape index (κ1) is 105. The molecular weight excluding hydrogens is 1610 g/mol. The molecule has 49 heteroatoms. The third kappa shape index (κ3) is 44.8. The Kier molecular flexibility index (Phi) is 49.3. The number of carbonyl (C=O) groups is 18. The van der Waals surface area contributed by atoms with E-state index < -0.39 is 216 Å². The average molecular weight is 1740 g/mol. The predicted molar refractivity (Wildman–Crippen MR) is 444 cm³/mol. The molecule has 0 saturated heterocycles. The van der Waals surface area contributed by atoms with Crippen molar-refractivity contribution in [2.24, 2.45) is 63.3 Å². The van der Waals surface area contributed by atoms with Gasteiger partial charge in [-0.25, -0.2) is 24.0 Å². The second kappa shape index (κ2) is 57.5. The normalized spacial score (nSPS) is 14.0. The summed E-state index contributed by atoms with van der Waals surface area (Å²) >= 11 is 0. The van der Waals surface area contributed by atoms with Crippen molar-refractivity contribution in [2.75, 3.05) is 45.8 Å². The van der Waals surface area contributed by atoms with Crippen molar-refractivity contribution in [1.29, 1.82) is 10.8 Å². The van der Waals surface area contributed by atoms with E-state index in [9.17, 15) is 91.7 Å². The van der Waals surface area contributed by atoms with Gasteiger partial charge in [0.25, 0.3) is 0 Å². The fourth-order valence-electron chi connectivity index (χ4n) is 12.0. The maximum absolute atomic E-state index is 15.0. The zero-order valence-corrected chi connectivity index (χ0v) is 68.8. The molecular formula is C74H123N29O20. The van der Waals surface area contributed by atoms with Crippen LogP contribution in [0.2, 0.25) is 0 Å². The largest absolute Gasteiger partial charge is 0.508 e. The van der Waals surface area contributed by atoms with Crippen LogP contribution in [0.3, 0.4) is 0 Å². The smallest absolute Gasteiger partial charge is 0.326 e. The molecule has 0 heterocycles. The molecule has 2 aromatic rings. The number of hydrogen-bond donors (Lipinski definition) is 31. The number of nitrogens with one attached hydrogen (secondary N) is 19. The van der Waals surface area contributed by atoms with Crippen molar-refractivity contribution in [3.8, 4) is 5.75 Å². The van der Waals surface area contributed by atoms with Gasteiger partial charge in [-0.3, -0.25) is 73.1 Å². The summed E-state index contributed by atoms with van der Waals surface area (Å²) in [6.07, 6.45) is -3.24. The second-order valence-corrected chi connectivity index (χ2v) is 28.8. The number of nitrogens with two attached hydrogens (primary N) is 10. The Morgan fingerprint density at radius 3 is 0.943 bits per heavy atom. The van der Waals surface area contributed by atoms with E-state index in [1.54, 1.807) is 37.3 Å². The number of amides is 21. The molecule has 0 spiro atoms. The molecule has 0 radical (unpaired) electrons. The molecule has 13 atom stereocenters. The monoisotopic (exact) mass is 1740 g/mol. The molecule has 0 saturated carbocycles. The van der Waals surface area contributed by atoms with Crippen LogP contribution in [0, 0.1) is 16.7 Å². The van der Waals surface area contributed by atoms with Crippen molar-refractivity contribution in [3.63, 3.8) is 0 Å². The zero-order valence-electron chi connectivity index (χ0n) is 68.8. The quantitative estimate of drug-likeness (QED) is 0.0166. The topological polar surface area (TPSA) is 860 Å². The van der Waals surface area contributed by atoms with Crippen LogP contribution < -0.4 is 148 Å². The van der Waals surface area contributed by atoms with Gasteiger partial charge in [0, 0.05) is 52.1 Å². The van der Waals surface area contributed by atoms with Crippen LogP contribution in [0.4, 0.5) is 19.2 Å². The maximum Gasteiger partial charge on any atom is 0.326 e. The van der Waals surface area contributed by atoms with Gasteiger partial charge in [-0.2, -0.15) is 0 Å². The Morgan fingerprint density at radius 1 is 0.341 bits per heavy atom. The zero-order chi connectivity index (χ0) is 92.3. The lowest BCUT2D eigenvalue weighted by Gasteiger charge is -2.30. The summed E-state index contributed by atoms with van der Waals surface area (Å²) in [5.74, 6) is -17.6. The molecule has 21 amide bonds. The van der Waals surface area contributed by atoms with Gasteiger partial charge in [-0.1, -0.05) is 69.2 Å². The number of carboxylic acid groups (broad SMARTS) is 1. The van der Waals surface area contributed by atoms with E-state index in [1.165, 1.54) is 31.2 Å². The van der Waals surface area contributed by atoms with E-state index in [2.05, 4.69) is 90.4 Å². The first-order valence-electron chi connectivity index (χ1n) is 39.8. The number of hydrogen-bond acceptors (Lipinski definition) is 23. The summed E-state index contributed by atoms with van der Waals surface area (Å²) in [4.78, 5) is 244. The van der Waals surface area contributed by atoms with Crippen LogP contribution in [0.5, 0.6) is 5.75 Å². The van der Waals surface area contributed by atoms with E-state index in [1.807, 2.05) is 0 Å². The first-order chi connectivity index (χ1) is 58.1. The molecule has 41 N–H and O–H groups in total. The molecule has 0 bridgehead atoms. The molecule has 0 fully saturated rings. The Hall–Kier alpha value is -13.6. The van der Waals surface area contributed by atoms with Crippen molar-refractivity contribution in [3.05, 3.63) is 65.7 Å². The molecule has 123 heavy (non-hydrogen) atoms. The van der Waals surface area contributed by atoms with E-state index >= 15 is 4.79 Å². The van der Waals surface area contributed by atoms with Crippen molar-refractivity contribution in [2.45, 2.75) is 215 Å². The third-order valence-corrected chi connectivity index (χ3v) is 18.7. The number of rotatable bonds is 61. The number of carboxylic acids is 1.